The van der Waals surface area contributed by atoms with Crippen molar-refractivity contribution in [3.05, 3.63) is 0 Å². The lowest BCUT2D eigenvalue weighted by Crippen LogP contribution is -2.39. The molecule has 0 saturated heterocycles. The van der Waals surface area contributed by atoms with Crippen molar-refractivity contribution in [1.82, 2.24) is 0 Å². The lowest BCUT2D eigenvalue weighted by Gasteiger charge is -2.14. The highest BCUT2D eigenvalue weighted by molar-refractivity contribution is 5.87. The van der Waals surface area contributed by atoms with Crippen LogP contribution < -0.4 is 5.73 Å². The predicted molar refractivity (Wildman–Crippen MR) is 45.2 cm³/mol. The smallest absolute Gasteiger partial charge is 0.308 e. The summed E-state index contributed by atoms with van der Waals surface area (Å²) in [5.41, 5.74) is 6.61. The molecule has 4 atom stereocenters. The molecule has 0 radical (unpaired) electrons. The molecule has 2 aliphatic rings. The molecule has 5 nitrogen and oxygen atoms in total. The Kier molecular flexibility index (Phi) is 1.76. The van der Waals surface area contributed by atoms with Crippen molar-refractivity contribution < 1.29 is 14.7 Å². The van der Waals surface area contributed by atoms with Gasteiger partial charge in [0.2, 0.25) is 0 Å². The van der Waals surface area contributed by atoms with Crippen LogP contribution in [-0.4, -0.2) is 28.9 Å². The number of fused-ring (bicyclic) bond motifs is 1. The minimum Gasteiger partial charge on any atom is -0.481 e. The number of carbonyl (C=O) groups is 1. The fraction of sp³-hybridized carbons (Fsp3) is 0.750. The van der Waals surface area contributed by atoms with Crippen LogP contribution in [0.1, 0.15) is 13.3 Å². The summed E-state index contributed by atoms with van der Waals surface area (Å²) in [7, 11) is 0. The molecule has 5 heteroatoms. The van der Waals surface area contributed by atoms with Crippen LogP contribution >= 0.6 is 0 Å². The standard InChI is InChI=1S/C8H12N2O3/c1-3-4-2-5(8(11)12)6(9)7(4)13-10-3/h4-7H,2,9H2,1H3,(H,11,12)/t4-,5+,6-,7?/m0/s1. The minimum absolute atomic E-state index is 0.107. The first-order valence-electron chi connectivity index (χ1n) is 4.30. The van der Waals surface area contributed by atoms with Crippen molar-refractivity contribution in [2.24, 2.45) is 22.7 Å². The summed E-state index contributed by atoms with van der Waals surface area (Å²) in [4.78, 5) is 15.9. The Balaban J connectivity index is 2.18. The molecular formula is C8H12N2O3. The van der Waals surface area contributed by atoms with Gasteiger partial charge in [0.25, 0.3) is 0 Å². The van der Waals surface area contributed by atoms with Crippen molar-refractivity contribution >= 4 is 11.7 Å². The Hall–Kier alpha value is -1.10. The van der Waals surface area contributed by atoms with E-state index in [0.717, 1.165) is 5.71 Å². The maximum absolute atomic E-state index is 10.8. The van der Waals surface area contributed by atoms with E-state index in [-0.39, 0.29) is 12.0 Å². The third kappa shape index (κ3) is 1.11. The molecule has 0 bridgehead atoms. The van der Waals surface area contributed by atoms with E-state index in [4.69, 9.17) is 15.7 Å². The highest BCUT2D eigenvalue weighted by atomic mass is 16.6. The van der Waals surface area contributed by atoms with E-state index in [2.05, 4.69) is 5.16 Å². The van der Waals surface area contributed by atoms with E-state index in [9.17, 15) is 4.79 Å². The zero-order chi connectivity index (χ0) is 9.59. The quantitative estimate of drug-likeness (QED) is 0.591. The highest BCUT2D eigenvalue weighted by Crippen LogP contribution is 2.37. The van der Waals surface area contributed by atoms with Gasteiger partial charge >= 0.3 is 5.97 Å². The number of oxime groups is 1. The molecule has 1 saturated carbocycles. The molecule has 1 aliphatic heterocycles. The molecule has 13 heavy (non-hydrogen) atoms. The monoisotopic (exact) mass is 184 g/mol. The van der Waals surface area contributed by atoms with Crippen LogP contribution in [0.4, 0.5) is 0 Å². The second kappa shape index (κ2) is 2.70. The normalized spacial score (nSPS) is 42.5. The van der Waals surface area contributed by atoms with Gasteiger partial charge in [0, 0.05) is 5.92 Å². The zero-order valence-corrected chi connectivity index (χ0v) is 7.30. The number of rotatable bonds is 1. The van der Waals surface area contributed by atoms with Gasteiger partial charge in [-0.2, -0.15) is 0 Å². The molecular weight excluding hydrogens is 172 g/mol. The van der Waals surface area contributed by atoms with E-state index in [1.807, 2.05) is 6.92 Å². The first-order chi connectivity index (χ1) is 6.11. The molecule has 2 rings (SSSR count). The maximum Gasteiger partial charge on any atom is 0.308 e. The van der Waals surface area contributed by atoms with Crippen LogP contribution in [0.25, 0.3) is 0 Å². The highest BCUT2D eigenvalue weighted by Gasteiger charge is 2.50. The molecule has 72 valence electrons. The van der Waals surface area contributed by atoms with Gasteiger partial charge in [-0.25, -0.2) is 0 Å². The number of nitrogens with two attached hydrogens (primary N) is 1. The number of carboxylic acids is 1. The Labute approximate surface area is 75.5 Å². The van der Waals surface area contributed by atoms with Gasteiger partial charge in [0.05, 0.1) is 17.7 Å². The van der Waals surface area contributed by atoms with Gasteiger partial charge in [0.15, 0.2) is 6.10 Å². The van der Waals surface area contributed by atoms with Crippen molar-refractivity contribution in [2.45, 2.75) is 25.5 Å². The second-order valence-corrected chi connectivity index (χ2v) is 3.67. The molecule has 0 spiro atoms. The van der Waals surface area contributed by atoms with Gasteiger partial charge < -0.3 is 15.7 Å². The SMILES string of the molecule is CC1=NOC2[C@@H](N)[C@H](C(=O)O)C[C@@H]12. The molecule has 0 amide bonds. The zero-order valence-electron chi connectivity index (χ0n) is 7.30. The van der Waals surface area contributed by atoms with E-state index in [1.54, 1.807) is 0 Å². The predicted octanol–water partition coefficient (Wildman–Crippen LogP) is -0.191. The summed E-state index contributed by atoms with van der Waals surface area (Å²) >= 11 is 0. The Morgan fingerprint density at radius 1 is 1.77 bits per heavy atom. The number of carboxylic acid groups (broad SMARTS) is 1. The van der Waals surface area contributed by atoms with Crippen LogP contribution in [0, 0.1) is 11.8 Å². The maximum atomic E-state index is 10.8. The van der Waals surface area contributed by atoms with Gasteiger partial charge in [-0.05, 0) is 13.3 Å². The molecule has 0 aromatic heterocycles. The molecule has 1 aliphatic carbocycles. The lowest BCUT2D eigenvalue weighted by molar-refractivity contribution is -0.142. The largest absolute Gasteiger partial charge is 0.481 e. The molecule has 1 fully saturated rings. The first kappa shape index (κ1) is 8.50. The summed E-state index contributed by atoms with van der Waals surface area (Å²) in [6.07, 6.45) is 0.331. The Bertz CT molecular complexity index is 277. The van der Waals surface area contributed by atoms with Crippen LogP contribution in [0.15, 0.2) is 5.16 Å². The van der Waals surface area contributed by atoms with Crippen LogP contribution in [-0.2, 0) is 9.63 Å². The number of nitrogens with zero attached hydrogens (tertiary/aromatic N) is 1. The van der Waals surface area contributed by atoms with Crippen molar-refractivity contribution in [3.8, 4) is 0 Å². The third-order valence-electron chi connectivity index (χ3n) is 2.92. The van der Waals surface area contributed by atoms with E-state index in [0.29, 0.717) is 6.42 Å². The van der Waals surface area contributed by atoms with Gasteiger partial charge in [-0.1, -0.05) is 5.16 Å². The van der Waals surface area contributed by atoms with Crippen LogP contribution in [0.3, 0.4) is 0 Å². The molecule has 0 aromatic carbocycles. The number of hydrogen-bond acceptors (Lipinski definition) is 4. The van der Waals surface area contributed by atoms with Gasteiger partial charge in [0.1, 0.15) is 0 Å². The second-order valence-electron chi connectivity index (χ2n) is 3.67. The van der Waals surface area contributed by atoms with E-state index in [1.165, 1.54) is 0 Å². The summed E-state index contributed by atoms with van der Waals surface area (Å²) in [5, 5.41) is 12.7. The topological polar surface area (TPSA) is 84.9 Å². The minimum atomic E-state index is -0.835. The van der Waals surface area contributed by atoms with Gasteiger partial charge in [-0.15, -0.1) is 0 Å². The van der Waals surface area contributed by atoms with E-state index < -0.39 is 17.9 Å². The van der Waals surface area contributed by atoms with Gasteiger partial charge in [-0.3, -0.25) is 4.79 Å². The fourth-order valence-electron chi connectivity index (χ4n) is 2.09. The number of aliphatic carboxylic acids is 1. The summed E-state index contributed by atoms with van der Waals surface area (Å²) in [6.45, 7) is 1.85. The van der Waals surface area contributed by atoms with Crippen LogP contribution in [0.2, 0.25) is 0 Å². The average Bonchev–Trinajstić information content (AvgIpc) is 2.55. The van der Waals surface area contributed by atoms with Crippen molar-refractivity contribution in [3.63, 3.8) is 0 Å². The number of hydrogen-bond donors (Lipinski definition) is 2. The third-order valence-corrected chi connectivity index (χ3v) is 2.92. The Morgan fingerprint density at radius 2 is 2.46 bits per heavy atom. The van der Waals surface area contributed by atoms with Crippen molar-refractivity contribution in [1.29, 1.82) is 0 Å². The molecule has 0 aromatic rings. The fourth-order valence-corrected chi connectivity index (χ4v) is 2.09. The molecule has 3 N–H and O–H groups in total. The summed E-state index contributed by atoms with van der Waals surface area (Å²) in [5.74, 6) is -1.21. The summed E-state index contributed by atoms with van der Waals surface area (Å²) in [6, 6.07) is -0.427. The summed E-state index contributed by atoms with van der Waals surface area (Å²) < 4.78 is 0. The lowest BCUT2D eigenvalue weighted by atomic mass is 10.0. The Morgan fingerprint density at radius 3 is 3.00 bits per heavy atom. The molecule has 1 heterocycles. The molecule has 1 unspecified atom stereocenters. The van der Waals surface area contributed by atoms with E-state index >= 15 is 0 Å². The average molecular weight is 184 g/mol. The van der Waals surface area contributed by atoms with Crippen LogP contribution in [0.5, 0.6) is 0 Å². The first-order valence-corrected chi connectivity index (χ1v) is 4.30. The van der Waals surface area contributed by atoms with Crippen molar-refractivity contribution in [2.75, 3.05) is 0 Å².